The Morgan fingerprint density at radius 1 is 1.00 bits per heavy atom. The van der Waals surface area contributed by atoms with E-state index in [9.17, 15) is 4.79 Å². The van der Waals surface area contributed by atoms with Crippen molar-refractivity contribution in [3.8, 4) is 0 Å². The first-order valence-electron chi connectivity index (χ1n) is 17.5. The standard InChI is InChI=1S/C38H58O5Si/c1-28(2)31-26-33(43-36-17-11-13-24-41-36)32-27-34(39)37(3,21-22-38(31,32)4)20-18-30(19-25-42-35-16-10-12-23-40-35)44(5,6)29-14-8-7-9-15-29/h7-9,14-15,18,27-28,31,33,35-36H,10-13,16-17,19-26H2,1-6H3/b30-18+/t31-,33+,35?,36?,37+,38-/m1/s1. The molecule has 44 heavy (non-hydrogen) atoms. The lowest BCUT2D eigenvalue weighted by Gasteiger charge is -2.36. The molecule has 6 atom stereocenters. The fraction of sp³-hybridized carbons (Fsp3) is 0.711. The SMILES string of the molecule is CC(C)[C@H]1C[C@H](OC2CCCCO2)C2=CC(=O)[C@@](C)(C/C=C(\CCOC3CCCCO3)[Si](C)(C)c3ccccc3)CC[C@@]21C. The molecule has 2 aliphatic heterocycles. The van der Waals surface area contributed by atoms with Gasteiger partial charge >= 0.3 is 0 Å². The molecule has 2 aliphatic carbocycles. The van der Waals surface area contributed by atoms with E-state index in [1.54, 1.807) is 0 Å². The summed E-state index contributed by atoms with van der Waals surface area (Å²) < 4.78 is 24.7. The number of carbonyl (C=O) groups excluding carboxylic acids is 1. The second-order valence-electron chi connectivity index (χ2n) is 15.3. The number of benzene rings is 1. The molecule has 1 aromatic rings. The van der Waals surface area contributed by atoms with Gasteiger partial charge in [0, 0.05) is 18.6 Å². The van der Waals surface area contributed by atoms with Gasteiger partial charge in [-0.2, -0.15) is 0 Å². The zero-order chi connectivity index (χ0) is 31.4. The van der Waals surface area contributed by atoms with Gasteiger partial charge in [0.2, 0.25) is 0 Å². The number of carbonyl (C=O) groups is 1. The van der Waals surface area contributed by atoms with Gasteiger partial charge < -0.3 is 18.9 Å². The Morgan fingerprint density at radius 3 is 2.32 bits per heavy atom. The Bertz CT molecular complexity index is 1160. The lowest BCUT2D eigenvalue weighted by atomic mass is 9.68. The van der Waals surface area contributed by atoms with E-state index in [4.69, 9.17) is 18.9 Å². The molecule has 1 aromatic carbocycles. The maximum Gasteiger partial charge on any atom is 0.161 e. The summed E-state index contributed by atoms with van der Waals surface area (Å²) in [5.74, 6) is 1.29. The van der Waals surface area contributed by atoms with Crippen LogP contribution in [0.15, 0.2) is 53.3 Å². The quantitative estimate of drug-likeness (QED) is 0.233. The zero-order valence-electron chi connectivity index (χ0n) is 28.4. The highest BCUT2D eigenvalue weighted by molar-refractivity contribution is 6.95. The van der Waals surface area contributed by atoms with Gasteiger partial charge in [0.05, 0.1) is 12.7 Å². The van der Waals surface area contributed by atoms with Gasteiger partial charge in [-0.25, -0.2) is 0 Å². The van der Waals surface area contributed by atoms with Gasteiger partial charge in [0.25, 0.3) is 0 Å². The molecule has 5 rings (SSSR count). The van der Waals surface area contributed by atoms with Gasteiger partial charge in [-0.15, -0.1) is 0 Å². The lowest BCUT2D eigenvalue weighted by Crippen LogP contribution is -2.44. The largest absolute Gasteiger partial charge is 0.353 e. The van der Waals surface area contributed by atoms with Crippen LogP contribution >= 0.6 is 0 Å². The van der Waals surface area contributed by atoms with E-state index >= 15 is 0 Å². The molecule has 2 saturated heterocycles. The third kappa shape index (κ3) is 7.52. The van der Waals surface area contributed by atoms with Crippen molar-refractivity contribution < 1.29 is 23.7 Å². The van der Waals surface area contributed by atoms with Crippen LogP contribution in [0, 0.1) is 22.7 Å². The van der Waals surface area contributed by atoms with Crippen molar-refractivity contribution in [1.82, 2.24) is 0 Å². The number of rotatable bonds is 11. The molecular weight excluding hydrogens is 564 g/mol. The number of ketones is 1. The third-order valence-electron chi connectivity index (χ3n) is 11.5. The molecule has 2 unspecified atom stereocenters. The molecule has 6 heteroatoms. The zero-order valence-corrected chi connectivity index (χ0v) is 29.4. The van der Waals surface area contributed by atoms with Crippen LogP contribution in [0.25, 0.3) is 0 Å². The highest BCUT2D eigenvalue weighted by Crippen LogP contribution is 2.57. The summed E-state index contributed by atoms with van der Waals surface area (Å²) >= 11 is 0. The monoisotopic (exact) mass is 622 g/mol. The number of hydrogen-bond donors (Lipinski definition) is 0. The molecule has 0 amide bonds. The molecule has 1 saturated carbocycles. The Balaban J connectivity index is 1.38. The van der Waals surface area contributed by atoms with Gasteiger partial charge in [-0.1, -0.05) is 87.6 Å². The molecule has 2 heterocycles. The van der Waals surface area contributed by atoms with Gasteiger partial charge in [0.1, 0.15) is 8.07 Å². The lowest BCUT2D eigenvalue weighted by molar-refractivity contribution is -0.180. The number of fused-ring (bicyclic) bond motifs is 1. The fourth-order valence-electron chi connectivity index (χ4n) is 8.30. The highest BCUT2D eigenvalue weighted by Gasteiger charge is 2.53. The van der Waals surface area contributed by atoms with Crippen molar-refractivity contribution in [2.45, 2.75) is 130 Å². The van der Waals surface area contributed by atoms with Gasteiger partial charge in [-0.3, -0.25) is 4.79 Å². The number of allylic oxidation sites excluding steroid dienone is 2. The second-order valence-corrected chi connectivity index (χ2v) is 19.8. The first-order valence-corrected chi connectivity index (χ1v) is 20.5. The van der Waals surface area contributed by atoms with E-state index in [0.29, 0.717) is 18.4 Å². The third-order valence-corrected chi connectivity index (χ3v) is 15.4. The fourth-order valence-corrected chi connectivity index (χ4v) is 11.0. The summed E-state index contributed by atoms with van der Waals surface area (Å²) in [6.45, 7) is 16.4. The molecular formula is C38H58O5Si. The normalized spacial score (nSPS) is 33.7. The summed E-state index contributed by atoms with van der Waals surface area (Å²) in [4.78, 5) is 14.3. The van der Waals surface area contributed by atoms with Crippen LogP contribution in [0.2, 0.25) is 13.1 Å². The number of ether oxygens (including phenoxy) is 4. The first-order chi connectivity index (χ1) is 21.0. The maximum absolute atomic E-state index is 14.3. The van der Waals surface area contributed by atoms with Crippen molar-refractivity contribution >= 4 is 19.0 Å². The first kappa shape index (κ1) is 33.8. The minimum atomic E-state index is -1.97. The highest BCUT2D eigenvalue weighted by atomic mass is 28.3. The average molecular weight is 623 g/mol. The van der Waals surface area contributed by atoms with Crippen molar-refractivity contribution in [3.63, 3.8) is 0 Å². The Kier molecular flexibility index (Phi) is 11.1. The minimum absolute atomic E-state index is 0.0284. The topological polar surface area (TPSA) is 54.0 Å². The van der Waals surface area contributed by atoms with E-state index in [0.717, 1.165) is 77.4 Å². The van der Waals surface area contributed by atoms with E-state index in [2.05, 4.69) is 77.2 Å². The average Bonchev–Trinajstić information content (AvgIpc) is 3.24. The molecule has 5 nitrogen and oxygen atoms in total. The van der Waals surface area contributed by atoms with E-state index in [1.807, 2.05) is 6.08 Å². The Labute approximate surface area is 268 Å². The van der Waals surface area contributed by atoms with Gasteiger partial charge in [0.15, 0.2) is 18.4 Å². The maximum atomic E-state index is 14.3. The van der Waals surface area contributed by atoms with Crippen molar-refractivity contribution in [2.24, 2.45) is 22.7 Å². The predicted octanol–water partition coefficient (Wildman–Crippen LogP) is 8.28. The summed E-state index contributed by atoms with van der Waals surface area (Å²) in [6.07, 6.45) is 15.2. The molecule has 4 aliphatic rings. The van der Waals surface area contributed by atoms with Crippen LogP contribution in [-0.4, -0.2) is 52.4 Å². The summed E-state index contributed by atoms with van der Waals surface area (Å²) in [7, 11) is -1.97. The predicted molar refractivity (Wildman–Crippen MR) is 180 cm³/mol. The molecule has 0 N–H and O–H groups in total. The smallest absolute Gasteiger partial charge is 0.161 e. The van der Waals surface area contributed by atoms with Crippen molar-refractivity contribution in [2.75, 3.05) is 19.8 Å². The van der Waals surface area contributed by atoms with Gasteiger partial charge in [-0.05, 0) is 99.5 Å². The van der Waals surface area contributed by atoms with Crippen LogP contribution < -0.4 is 5.19 Å². The number of hydrogen-bond acceptors (Lipinski definition) is 5. The van der Waals surface area contributed by atoms with E-state index in [-0.39, 0.29) is 29.9 Å². The molecule has 0 aromatic heterocycles. The molecule has 0 spiro atoms. The van der Waals surface area contributed by atoms with Crippen LogP contribution in [0.5, 0.6) is 0 Å². The Hall–Kier alpha value is -1.57. The molecule has 0 radical (unpaired) electrons. The van der Waals surface area contributed by atoms with E-state index < -0.39 is 13.5 Å². The van der Waals surface area contributed by atoms with Crippen LogP contribution in [0.3, 0.4) is 0 Å². The summed E-state index contributed by atoms with van der Waals surface area (Å²) in [6, 6.07) is 10.9. The van der Waals surface area contributed by atoms with E-state index in [1.165, 1.54) is 22.4 Å². The molecule has 3 fully saturated rings. The summed E-state index contributed by atoms with van der Waals surface area (Å²) in [5, 5.41) is 2.89. The van der Waals surface area contributed by atoms with Crippen molar-refractivity contribution in [3.05, 3.63) is 53.3 Å². The Morgan fingerprint density at radius 2 is 1.68 bits per heavy atom. The summed E-state index contributed by atoms with van der Waals surface area (Å²) in [5.41, 5.74) is 0.760. The van der Waals surface area contributed by atoms with Crippen LogP contribution in [-0.2, 0) is 23.7 Å². The molecule has 244 valence electrons. The van der Waals surface area contributed by atoms with Crippen LogP contribution in [0.1, 0.15) is 98.3 Å². The second kappa shape index (κ2) is 14.5. The molecule has 0 bridgehead atoms. The van der Waals surface area contributed by atoms with Crippen LogP contribution in [0.4, 0.5) is 0 Å². The minimum Gasteiger partial charge on any atom is -0.353 e. The van der Waals surface area contributed by atoms with Crippen molar-refractivity contribution in [1.29, 1.82) is 0 Å².